The lowest BCUT2D eigenvalue weighted by Crippen LogP contribution is -2.32. The lowest BCUT2D eigenvalue weighted by atomic mass is 10.2. The second-order valence-corrected chi connectivity index (χ2v) is 10.0. The monoisotopic (exact) mass is 494 g/mol. The van der Waals surface area contributed by atoms with Gasteiger partial charge in [0.05, 0.1) is 12.7 Å². The molecular formula is C23H27ClN2O6S. The van der Waals surface area contributed by atoms with Gasteiger partial charge in [-0.05, 0) is 48.7 Å². The third-order valence-electron chi connectivity index (χ3n) is 5.32. The van der Waals surface area contributed by atoms with Crippen molar-refractivity contribution in [2.24, 2.45) is 0 Å². The van der Waals surface area contributed by atoms with Crippen LogP contribution in [0.1, 0.15) is 41.6 Å². The molecule has 0 atom stereocenters. The van der Waals surface area contributed by atoms with Gasteiger partial charge in [0.1, 0.15) is 10.6 Å². The molecule has 1 fully saturated rings. The fourth-order valence-electron chi connectivity index (χ4n) is 3.49. The topological polar surface area (TPSA) is 102 Å². The van der Waals surface area contributed by atoms with E-state index in [4.69, 9.17) is 21.1 Å². The van der Waals surface area contributed by atoms with Crippen LogP contribution >= 0.6 is 11.6 Å². The summed E-state index contributed by atoms with van der Waals surface area (Å²) in [7, 11) is -2.47. The van der Waals surface area contributed by atoms with E-state index in [1.54, 1.807) is 24.3 Å². The molecule has 2 aromatic rings. The minimum absolute atomic E-state index is 0.0229. The molecule has 3 rings (SSSR count). The Morgan fingerprint density at radius 3 is 2.33 bits per heavy atom. The maximum absolute atomic E-state index is 13.2. The van der Waals surface area contributed by atoms with Gasteiger partial charge in [-0.3, -0.25) is 4.79 Å². The highest BCUT2D eigenvalue weighted by Crippen LogP contribution is 2.29. The second-order valence-electron chi connectivity index (χ2n) is 7.66. The summed E-state index contributed by atoms with van der Waals surface area (Å²) < 4.78 is 38.2. The number of amides is 1. The first-order valence-electron chi connectivity index (χ1n) is 10.7. The van der Waals surface area contributed by atoms with Crippen LogP contribution in [0.4, 0.5) is 0 Å². The van der Waals surface area contributed by atoms with Crippen molar-refractivity contribution in [1.82, 2.24) is 9.62 Å². The number of esters is 1. The van der Waals surface area contributed by atoms with Crippen LogP contribution in [0.15, 0.2) is 47.4 Å². The van der Waals surface area contributed by atoms with Crippen molar-refractivity contribution in [2.45, 2.75) is 37.1 Å². The molecule has 0 spiro atoms. The number of nitrogens with one attached hydrogen (secondary N) is 1. The molecule has 2 aromatic carbocycles. The number of methoxy groups -OCH3 is 1. The molecule has 1 saturated heterocycles. The van der Waals surface area contributed by atoms with Crippen LogP contribution in [-0.2, 0) is 26.1 Å². The molecule has 1 aliphatic heterocycles. The largest absolute Gasteiger partial charge is 0.495 e. The molecule has 1 aliphatic rings. The highest BCUT2D eigenvalue weighted by atomic mass is 35.5. The predicted molar refractivity (Wildman–Crippen MR) is 124 cm³/mol. The van der Waals surface area contributed by atoms with Crippen LogP contribution in [0.25, 0.3) is 0 Å². The Hall–Kier alpha value is -2.62. The van der Waals surface area contributed by atoms with E-state index >= 15 is 0 Å². The van der Waals surface area contributed by atoms with E-state index in [0.717, 1.165) is 31.2 Å². The summed E-state index contributed by atoms with van der Waals surface area (Å²) in [5, 5.41) is 3.24. The van der Waals surface area contributed by atoms with Gasteiger partial charge in [-0.1, -0.05) is 36.6 Å². The standard InChI is InChI=1S/C23H27ClN2O6S/c1-31-20-11-8-18(14-21(20)33(29,30)26-12-4-2-3-5-13-26)23(28)32-16-22(27)25-15-17-6-9-19(24)10-7-17/h6-11,14H,2-5,12-13,15-16H2,1H3,(H,25,27). The van der Waals surface area contributed by atoms with Crippen molar-refractivity contribution >= 4 is 33.5 Å². The summed E-state index contributed by atoms with van der Waals surface area (Å²) in [5.41, 5.74) is 0.868. The van der Waals surface area contributed by atoms with Crippen molar-refractivity contribution in [3.8, 4) is 5.75 Å². The Bertz CT molecular complexity index is 1080. The quantitative estimate of drug-likeness (QED) is 0.564. The average molecular weight is 495 g/mol. The molecule has 0 saturated carbocycles. The number of carbonyl (C=O) groups is 2. The molecule has 10 heteroatoms. The SMILES string of the molecule is COc1ccc(C(=O)OCC(=O)NCc2ccc(Cl)cc2)cc1S(=O)(=O)N1CCCCCC1. The third kappa shape index (κ3) is 6.69. The summed E-state index contributed by atoms with van der Waals surface area (Å²) in [6, 6.07) is 11.0. The Morgan fingerprint density at radius 2 is 1.70 bits per heavy atom. The molecule has 0 radical (unpaired) electrons. The lowest BCUT2D eigenvalue weighted by Gasteiger charge is -2.21. The smallest absolute Gasteiger partial charge is 0.338 e. The molecule has 33 heavy (non-hydrogen) atoms. The maximum atomic E-state index is 13.2. The number of benzene rings is 2. The zero-order valence-electron chi connectivity index (χ0n) is 18.4. The summed E-state index contributed by atoms with van der Waals surface area (Å²) in [5.74, 6) is -1.13. The van der Waals surface area contributed by atoms with E-state index in [2.05, 4.69) is 5.32 Å². The van der Waals surface area contributed by atoms with Gasteiger partial charge in [0.25, 0.3) is 5.91 Å². The van der Waals surface area contributed by atoms with Crippen LogP contribution in [0.5, 0.6) is 5.75 Å². The number of carbonyl (C=O) groups excluding carboxylic acids is 2. The van der Waals surface area contributed by atoms with Crippen molar-refractivity contribution in [1.29, 1.82) is 0 Å². The molecule has 0 aromatic heterocycles. The van der Waals surface area contributed by atoms with Crippen molar-refractivity contribution < 1.29 is 27.5 Å². The zero-order chi connectivity index (χ0) is 23.8. The molecule has 0 aliphatic carbocycles. The fourth-order valence-corrected chi connectivity index (χ4v) is 5.32. The number of ether oxygens (including phenoxy) is 2. The van der Waals surface area contributed by atoms with E-state index in [0.29, 0.717) is 18.1 Å². The number of hydrogen-bond donors (Lipinski definition) is 1. The molecule has 8 nitrogen and oxygen atoms in total. The highest BCUT2D eigenvalue weighted by molar-refractivity contribution is 7.89. The Balaban J connectivity index is 1.65. The Labute approximate surface area is 198 Å². The Kier molecular flexibility index (Phi) is 8.71. The minimum atomic E-state index is -3.85. The van der Waals surface area contributed by atoms with Crippen LogP contribution in [0.2, 0.25) is 5.02 Å². The normalized spacial score (nSPS) is 14.8. The number of halogens is 1. The minimum Gasteiger partial charge on any atom is -0.495 e. The van der Waals surface area contributed by atoms with E-state index in [9.17, 15) is 18.0 Å². The third-order valence-corrected chi connectivity index (χ3v) is 7.49. The van der Waals surface area contributed by atoms with Gasteiger partial charge >= 0.3 is 5.97 Å². The summed E-state index contributed by atoms with van der Waals surface area (Å²) in [4.78, 5) is 24.5. The highest BCUT2D eigenvalue weighted by Gasteiger charge is 2.29. The molecular weight excluding hydrogens is 468 g/mol. The van der Waals surface area contributed by atoms with E-state index in [-0.39, 0.29) is 22.8 Å². The van der Waals surface area contributed by atoms with E-state index in [1.807, 2.05) is 0 Å². The second kappa shape index (κ2) is 11.5. The number of sulfonamides is 1. The van der Waals surface area contributed by atoms with Gasteiger partial charge < -0.3 is 14.8 Å². The van der Waals surface area contributed by atoms with Gasteiger partial charge in [-0.15, -0.1) is 0 Å². The average Bonchev–Trinajstić information content (AvgIpc) is 3.12. The van der Waals surface area contributed by atoms with Crippen LogP contribution < -0.4 is 10.1 Å². The van der Waals surface area contributed by atoms with Gasteiger partial charge in [0.2, 0.25) is 10.0 Å². The first kappa shape index (κ1) is 25.0. The van der Waals surface area contributed by atoms with Crippen LogP contribution in [-0.4, -0.2) is 51.4 Å². The maximum Gasteiger partial charge on any atom is 0.338 e. The molecule has 0 unspecified atom stereocenters. The molecule has 0 bridgehead atoms. The van der Waals surface area contributed by atoms with Gasteiger partial charge in [0, 0.05) is 24.7 Å². The Morgan fingerprint density at radius 1 is 1.03 bits per heavy atom. The van der Waals surface area contributed by atoms with Crippen molar-refractivity contribution in [3.05, 3.63) is 58.6 Å². The van der Waals surface area contributed by atoms with Gasteiger partial charge in [0.15, 0.2) is 6.61 Å². The lowest BCUT2D eigenvalue weighted by molar-refractivity contribution is -0.124. The summed E-state index contributed by atoms with van der Waals surface area (Å²) in [6.07, 6.45) is 3.54. The zero-order valence-corrected chi connectivity index (χ0v) is 20.0. The van der Waals surface area contributed by atoms with E-state index < -0.39 is 28.5 Å². The van der Waals surface area contributed by atoms with E-state index in [1.165, 1.54) is 29.6 Å². The number of rotatable bonds is 8. The first-order valence-corrected chi connectivity index (χ1v) is 12.5. The summed E-state index contributed by atoms with van der Waals surface area (Å²) >= 11 is 5.83. The van der Waals surface area contributed by atoms with Gasteiger partial charge in [-0.25, -0.2) is 13.2 Å². The first-order chi connectivity index (χ1) is 15.8. The molecule has 1 N–H and O–H groups in total. The van der Waals surface area contributed by atoms with Crippen LogP contribution in [0, 0.1) is 0 Å². The molecule has 178 valence electrons. The molecule has 1 heterocycles. The van der Waals surface area contributed by atoms with Crippen molar-refractivity contribution in [3.63, 3.8) is 0 Å². The fraction of sp³-hybridized carbons (Fsp3) is 0.391. The van der Waals surface area contributed by atoms with Crippen LogP contribution in [0.3, 0.4) is 0 Å². The predicted octanol–water partition coefficient (Wildman–Crippen LogP) is 3.39. The number of nitrogens with zero attached hydrogens (tertiary/aromatic N) is 1. The summed E-state index contributed by atoms with van der Waals surface area (Å²) in [6.45, 7) is 0.614. The van der Waals surface area contributed by atoms with Crippen molar-refractivity contribution in [2.75, 3.05) is 26.8 Å². The number of hydrogen-bond acceptors (Lipinski definition) is 6. The van der Waals surface area contributed by atoms with Gasteiger partial charge in [-0.2, -0.15) is 4.31 Å². The molecule has 1 amide bonds.